The molecule has 98 valence electrons. The summed E-state index contributed by atoms with van der Waals surface area (Å²) in [6.07, 6.45) is 2.14. The van der Waals surface area contributed by atoms with E-state index in [9.17, 15) is 9.59 Å². The molecule has 1 aromatic rings. The number of aromatic carboxylic acids is 1. The molecule has 0 aliphatic carbocycles. The molecule has 1 aromatic carbocycles. The van der Waals surface area contributed by atoms with E-state index in [1.54, 1.807) is 0 Å². The van der Waals surface area contributed by atoms with Crippen LogP contribution in [0.2, 0.25) is 0 Å². The molecule has 5 heteroatoms. The number of unbranched alkanes of at least 4 members (excludes halogenated alkanes) is 1. The molecule has 1 rings (SSSR count). The van der Waals surface area contributed by atoms with Crippen LogP contribution >= 0.6 is 0 Å². The number of hydrogen-bond donors (Lipinski definition) is 2. The van der Waals surface area contributed by atoms with Gasteiger partial charge in [-0.25, -0.2) is 4.79 Å². The number of carboxylic acid groups (broad SMARTS) is 1. The van der Waals surface area contributed by atoms with E-state index in [1.807, 2.05) is 6.92 Å². The Morgan fingerprint density at radius 2 is 2.11 bits per heavy atom. The second-order valence-corrected chi connectivity index (χ2v) is 3.87. The number of carboxylic acids is 1. The molecular formula is C13H17NO4. The minimum absolute atomic E-state index is 0.113. The van der Waals surface area contributed by atoms with Crippen LogP contribution in [0.15, 0.2) is 18.2 Å². The van der Waals surface area contributed by atoms with Crippen LogP contribution in [0, 0.1) is 0 Å². The molecule has 0 radical (unpaired) electrons. The molecule has 0 fully saturated rings. The van der Waals surface area contributed by atoms with E-state index in [4.69, 9.17) is 9.84 Å². The van der Waals surface area contributed by atoms with Gasteiger partial charge in [0.05, 0.1) is 18.4 Å². The Balaban J connectivity index is 2.87. The fourth-order valence-electron chi connectivity index (χ4n) is 1.49. The zero-order chi connectivity index (χ0) is 13.5. The predicted octanol–water partition coefficient (Wildman–Crippen LogP) is 2.52. The molecule has 1 amide bonds. The highest BCUT2D eigenvalue weighted by molar-refractivity contribution is 5.95. The van der Waals surface area contributed by atoms with E-state index in [-0.39, 0.29) is 11.5 Å². The van der Waals surface area contributed by atoms with E-state index >= 15 is 0 Å². The van der Waals surface area contributed by atoms with Crippen LogP contribution in [0.5, 0.6) is 5.75 Å². The maximum absolute atomic E-state index is 11.6. The van der Waals surface area contributed by atoms with Crippen molar-refractivity contribution in [2.24, 2.45) is 0 Å². The summed E-state index contributed by atoms with van der Waals surface area (Å²) in [6.45, 7) is 2.00. The Labute approximate surface area is 106 Å². The van der Waals surface area contributed by atoms with Gasteiger partial charge >= 0.3 is 5.97 Å². The summed E-state index contributed by atoms with van der Waals surface area (Å²) < 4.78 is 5.08. The minimum Gasteiger partial charge on any atom is -0.495 e. The molecule has 18 heavy (non-hydrogen) atoms. The number of rotatable bonds is 6. The van der Waals surface area contributed by atoms with Crippen molar-refractivity contribution < 1.29 is 19.4 Å². The van der Waals surface area contributed by atoms with E-state index < -0.39 is 5.97 Å². The second-order valence-electron chi connectivity index (χ2n) is 3.87. The number of ether oxygens (including phenoxy) is 1. The summed E-state index contributed by atoms with van der Waals surface area (Å²) in [5.74, 6) is -0.732. The third-order valence-corrected chi connectivity index (χ3v) is 2.48. The molecule has 5 nitrogen and oxygen atoms in total. The molecule has 0 atom stereocenters. The number of hydrogen-bond acceptors (Lipinski definition) is 3. The number of anilines is 1. The minimum atomic E-state index is -1.04. The third kappa shape index (κ3) is 3.76. The highest BCUT2D eigenvalue weighted by atomic mass is 16.5. The van der Waals surface area contributed by atoms with Crippen LogP contribution in [0.3, 0.4) is 0 Å². The van der Waals surface area contributed by atoms with Gasteiger partial charge < -0.3 is 15.2 Å². The van der Waals surface area contributed by atoms with E-state index in [1.165, 1.54) is 25.3 Å². The Bertz CT molecular complexity index is 443. The molecule has 0 aliphatic heterocycles. The lowest BCUT2D eigenvalue weighted by atomic mass is 10.1. The average Bonchev–Trinajstić information content (AvgIpc) is 2.36. The first-order valence-electron chi connectivity index (χ1n) is 5.79. The lowest BCUT2D eigenvalue weighted by Gasteiger charge is -2.10. The fourth-order valence-corrected chi connectivity index (χ4v) is 1.49. The maximum atomic E-state index is 11.6. The summed E-state index contributed by atoms with van der Waals surface area (Å²) >= 11 is 0. The topological polar surface area (TPSA) is 75.6 Å². The molecule has 2 N–H and O–H groups in total. The van der Waals surface area contributed by atoms with E-state index in [2.05, 4.69) is 5.32 Å². The monoisotopic (exact) mass is 251 g/mol. The molecule has 0 aromatic heterocycles. The van der Waals surface area contributed by atoms with Gasteiger partial charge in [-0.1, -0.05) is 13.3 Å². The standard InChI is InChI=1S/C13H17NO4/c1-3-4-5-12(15)14-10-8-9(13(16)17)6-7-11(10)18-2/h6-8H,3-5H2,1-2H3,(H,14,15)(H,16,17). The first-order valence-corrected chi connectivity index (χ1v) is 5.79. The second kappa shape index (κ2) is 6.64. The van der Waals surface area contributed by atoms with Crippen molar-refractivity contribution >= 4 is 17.6 Å². The quantitative estimate of drug-likeness (QED) is 0.814. The van der Waals surface area contributed by atoms with Crippen LogP contribution in [0.25, 0.3) is 0 Å². The highest BCUT2D eigenvalue weighted by Crippen LogP contribution is 2.25. The van der Waals surface area contributed by atoms with Gasteiger partial charge in [0.1, 0.15) is 5.75 Å². The van der Waals surface area contributed by atoms with Crippen molar-refractivity contribution in [3.8, 4) is 5.75 Å². The summed E-state index contributed by atoms with van der Waals surface area (Å²) in [7, 11) is 1.47. The number of amides is 1. The van der Waals surface area contributed by atoms with Crippen molar-refractivity contribution in [1.82, 2.24) is 0 Å². The lowest BCUT2D eigenvalue weighted by Crippen LogP contribution is -2.12. The predicted molar refractivity (Wildman–Crippen MR) is 68.1 cm³/mol. The van der Waals surface area contributed by atoms with E-state index in [0.29, 0.717) is 17.9 Å². The molecule has 0 heterocycles. The summed E-state index contributed by atoms with van der Waals surface area (Å²) in [5.41, 5.74) is 0.500. The fraction of sp³-hybridized carbons (Fsp3) is 0.385. The van der Waals surface area contributed by atoms with Crippen LogP contribution in [0.4, 0.5) is 5.69 Å². The Morgan fingerprint density at radius 3 is 2.67 bits per heavy atom. The van der Waals surface area contributed by atoms with Crippen molar-refractivity contribution in [2.45, 2.75) is 26.2 Å². The molecule has 0 unspecified atom stereocenters. The van der Waals surface area contributed by atoms with E-state index in [0.717, 1.165) is 12.8 Å². The van der Waals surface area contributed by atoms with Crippen LogP contribution in [0.1, 0.15) is 36.5 Å². The summed E-state index contributed by atoms with van der Waals surface area (Å²) in [5, 5.41) is 11.6. The first-order chi connectivity index (χ1) is 8.58. The van der Waals surface area contributed by atoms with Crippen molar-refractivity contribution in [3.63, 3.8) is 0 Å². The maximum Gasteiger partial charge on any atom is 0.335 e. The molecule has 0 bridgehead atoms. The van der Waals surface area contributed by atoms with Gasteiger partial charge in [-0.2, -0.15) is 0 Å². The van der Waals surface area contributed by atoms with Gasteiger partial charge in [0.2, 0.25) is 5.91 Å². The summed E-state index contributed by atoms with van der Waals surface area (Å²) in [4.78, 5) is 22.5. The number of nitrogens with one attached hydrogen (secondary N) is 1. The highest BCUT2D eigenvalue weighted by Gasteiger charge is 2.11. The van der Waals surface area contributed by atoms with Crippen molar-refractivity contribution in [3.05, 3.63) is 23.8 Å². The van der Waals surface area contributed by atoms with Gasteiger partial charge in [0.25, 0.3) is 0 Å². The molecular weight excluding hydrogens is 234 g/mol. The SMILES string of the molecule is CCCCC(=O)Nc1cc(C(=O)O)ccc1OC. The van der Waals surface area contributed by atoms with Gasteiger partial charge in [0.15, 0.2) is 0 Å². The van der Waals surface area contributed by atoms with Gasteiger partial charge in [0, 0.05) is 6.42 Å². The molecule has 0 saturated carbocycles. The Hall–Kier alpha value is -2.04. The zero-order valence-electron chi connectivity index (χ0n) is 10.5. The average molecular weight is 251 g/mol. The smallest absolute Gasteiger partial charge is 0.335 e. The van der Waals surface area contributed by atoms with Crippen LogP contribution in [-0.4, -0.2) is 24.1 Å². The number of carbonyl (C=O) groups is 2. The van der Waals surface area contributed by atoms with Crippen molar-refractivity contribution in [2.75, 3.05) is 12.4 Å². The first kappa shape index (κ1) is 14.0. The number of methoxy groups -OCH3 is 1. The van der Waals surface area contributed by atoms with Gasteiger partial charge in [-0.15, -0.1) is 0 Å². The van der Waals surface area contributed by atoms with Gasteiger partial charge in [-0.05, 0) is 24.6 Å². The molecule has 0 saturated heterocycles. The number of benzene rings is 1. The number of carbonyl (C=O) groups excluding carboxylic acids is 1. The molecule has 0 spiro atoms. The Morgan fingerprint density at radius 1 is 1.39 bits per heavy atom. The van der Waals surface area contributed by atoms with Crippen molar-refractivity contribution in [1.29, 1.82) is 0 Å². The van der Waals surface area contributed by atoms with Gasteiger partial charge in [-0.3, -0.25) is 4.79 Å². The van der Waals surface area contributed by atoms with Crippen LogP contribution < -0.4 is 10.1 Å². The largest absolute Gasteiger partial charge is 0.495 e. The normalized spacial score (nSPS) is 9.89. The summed E-state index contributed by atoms with van der Waals surface area (Å²) in [6, 6.07) is 4.35. The molecule has 0 aliphatic rings. The zero-order valence-corrected chi connectivity index (χ0v) is 10.5. The lowest BCUT2D eigenvalue weighted by molar-refractivity contribution is -0.116. The van der Waals surface area contributed by atoms with Crippen LogP contribution in [-0.2, 0) is 4.79 Å². The Kier molecular flexibility index (Phi) is 5.17. The third-order valence-electron chi connectivity index (χ3n) is 2.48.